The lowest BCUT2D eigenvalue weighted by atomic mass is 10.2. The maximum atomic E-state index is 12.7. The van der Waals surface area contributed by atoms with Crippen molar-refractivity contribution in [1.29, 1.82) is 0 Å². The Kier molecular flexibility index (Phi) is 7.59. The highest BCUT2D eigenvalue weighted by molar-refractivity contribution is 7.99. The third-order valence-corrected chi connectivity index (χ3v) is 6.35. The van der Waals surface area contributed by atoms with E-state index in [1.165, 1.54) is 23.9 Å². The maximum Gasteiger partial charge on any atom is 0.271 e. The van der Waals surface area contributed by atoms with Gasteiger partial charge in [0, 0.05) is 18.7 Å². The number of hydrogen-bond donors (Lipinski definition) is 1. The molecule has 11 heteroatoms. The molecule has 4 rings (SSSR count). The van der Waals surface area contributed by atoms with Crippen LogP contribution in [0.2, 0.25) is 0 Å². The fourth-order valence-corrected chi connectivity index (χ4v) is 4.53. The summed E-state index contributed by atoms with van der Waals surface area (Å²) in [7, 11) is 4.68. The van der Waals surface area contributed by atoms with Gasteiger partial charge in [-0.25, -0.2) is 4.98 Å². The summed E-state index contributed by atoms with van der Waals surface area (Å²) in [5.41, 5.74) is 2.63. The van der Waals surface area contributed by atoms with Crippen LogP contribution in [0.15, 0.2) is 65.8 Å². The molecule has 36 heavy (non-hydrogen) atoms. The van der Waals surface area contributed by atoms with E-state index >= 15 is 0 Å². The van der Waals surface area contributed by atoms with E-state index in [-0.39, 0.29) is 17.3 Å². The molecule has 0 saturated carbocycles. The van der Waals surface area contributed by atoms with Gasteiger partial charge < -0.3 is 19.5 Å². The summed E-state index contributed by atoms with van der Waals surface area (Å²) in [6, 6.07) is 17.3. The van der Waals surface area contributed by atoms with E-state index in [9.17, 15) is 14.9 Å². The van der Waals surface area contributed by atoms with E-state index in [4.69, 9.17) is 14.2 Å². The Bertz CT molecular complexity index is 1420. The summed E-state index contributed by atoms with van der Waals surface area (Å²) in [5.74, 6) is 1.69. The molecule has 4 aromatic rings. The van der Waals surface area contributed by atoms with E-state index in [1.54, 1.807) is 39.5 Å². The number of rotatable bonds is 10. The molecule has 1 amide bonds. The second-order valence-electron chi connectivity index (χ2n) is 7.59. The number of amides is 1. The molecule has 0 atom stereocenters. The Hall–Kier alpha value is -4.25. The molecule has 0 radical (unpaired) electrons. The molecule has 0 aliphatic rings. The van der Waals surface area contributed by atoms with Gasteiger partial charge in [0.2, 0.25) is 5.91 Å². The number of para-hydroxylation sites is 2. The summed E-state index contributed by atoms with van der Waals surface area (Å²) in [5, 5.41) is 14.7. The van der Waals surface area contributed by atoms with Gasteiger partial charge in [-0.1, -0.05) is 30.0 Å². The van der Waals surface area contributed by atoms with Gasteiger partial charge in [-0.15, -0.1) is 0 Å². The summed E-state index contributed by atoms with van der Waals surface area (Å²) < 4.78 is 17.9. The number of carbonyl (C=O) groups is 1. The second kappa shape index (κ2) is 11.0. The maximum absolute atomic E-state index is 12.7. The number of non-ortho nitro benzene ring substituents is 1. The third kappa shape index (κ3) is 5.20. The molecule has 0 unspecified atom stereocenters. The van der Waals surface area contributed by atoms with Crippen LogP contribution in [0.25, 0.3) is 16.7 Å². The van der Waals surface area contributed by atoms with Crippen LogP contribution in [0.3, 0.4) is 0 Å². The number of fused-ring (bicyclic) bond motifs is 1. The molecule has 10 nitrogen and oxygen atoms in total. The van der Waals surface area contributed by atoms with E-state index in [0.717, 1.165) is 5.56 Å². The number of nitrogens with zero attached hydrogens (tertiary/aromatic N) is 3. The zero-order chi connectivity index (χ0) is 25.7. The van der Waals surface area contributed by atoms with Crippen molar-refractivity contribution < 1.29 is 23.9 Å². The topological polar surface area (TPSA) is 118 Å². The Morgan fingerprint density at radius 3 is 2.47 bits per heavy atom. The number of nitrogens with one attached hydrogen (secondary N) is 1. The van der Waals surface area contributed by atoms with Crippen molar-refractivity contribution in [1.82, 2.24) is 14.9 Å². The van der Waals surface area contributed by atoms with Gasteiger partial charge in [0.05, 0.1) is 48.7 Å². The second-order valence-corrected chi connectivity index (χ2v) is 8.53. The standard InChI is InChI=1S/C25H24N4O6S/c1-33-21-7-5-4-6-20(21)28-19-10-9-17(29(31)32)13-18(19)27-25(28)36-15-24(30)26-14-16-8-11-22(34-2)23(12-16)35-3/h4-13H,14-15H2,1-3H3,(H,26,30). The largest absolute Gasteiger partial charge is 0.495 e. The minimum atomic E-state index is -0.462. The van der Waals surface area contributed by atoms with Crippen molar-refractivity contribution in [2.75, 3.05) is 27.1 Å². The van der Waals surface area contributed by atoms with Crippen molar-refractivity contribution in [3.8, 4) is 22.9 Å². The lowest BCUT2D eigenvalue weighted by Gasteiger charge is -2.13. The fraction of sp³-hybridized carbons (Fsp3) is 0.200. The number of methoxy groups -OCH3 is 3. The molecule has 1 heterocycles. The van der Waals surface area contributed by atoms with Crippen LogP contribution >= 0.6 is 11.8 Å². The summed E-state index contributed by atoms with van der Waals surface area (Å²) in [4.78, 5) is 28.1. The van der Waals surface area contributed by atoms with Crippen LogP contribution in [-0.2, 0) is 11.3 Å². The number of ether oxygens (including phenoxy) is 3. The molecule has 3 aromatic carbocycles. The summed E-state index contributed by atoms with van der Waals surface area (Å²) >= 11 is 1.23. The van der Waals surface area contributed by atoms with E-state index < -0.39 is 4.92 Å². The molecular formula is C25H24N4O6S. The highest BCUT2D eigenvalue weighted by Crippen LogP contribution is 2.34. The van der Waals surface area contributed by atoms with Gasteiger partial charge in [-0.3, -0.25) is 19.5 Å². The number of aromatic nitrogens is 2. The molecule has 186 valence electrons. The minimum absolute atomic E-state index is 0.0589. The Morgan fingerprint density at radius 1 is 1.00 bits per heavy atom. The molecule has 0 fully saturated rings. The van der Waals surface area contributed by atoms with Crippen molar-refractivity contribution in [3.05, 3.63) is 76.3 Å². The van der Waals surface area contributed by atoms with E-state index in [2.05, 4.69) is 10.3 Å². The number of nitro benzene ring substituents is 1. The molecule has 1 aromatic heterocycles. The van der Waals surface area contributed by atoms with Gasteiger partial charge in [0.1, 0.15) is 5.75 Å². The van der Waals surface area contributed by atoms with Crippen LogP contribution in [0.5, 0.6) is 17.2 Å². The first-order valence-corrected chi connectivity index (χ1v) is 11.8. The first-order chi connectivity index (χ1) is 17.4. The van der Waals surface area contributed by atoms with Gasteiger partial charge in [0.25, 0.3) is 5.69 Å². The molecule has 0 aliphatic heterocycles. The van der Waals surface area contributed by atoms with Crippen LogP contribution in [0.1, 0.15) is 5.56 Å². The van der Waals surface area contributed by atoms with Gasteiger partial charge in [-0.05, 0) is 35.9 Å². The van der Waals surface area contributed by atoms with E-state index in [0.29, 0.717) is 45.7 Å². The zero-order valence-electron chi connectivity index (χ0n) is 19.9. The van der Waals surface area contributed by atoms with Crippen molar-refractivity contribution in [3.63, 3.8) is 0 Å². The van der Waals surface area contributed by atoms with Crippen molar-refractivity contribution >= 4 is 34.4 Å². The monoisotopic (exact) mass is 508 g/mol. The first kappa shape index (κ1) is 24.9. The molecule has 0 saturated heterocycles. The van der Waals surface area contributed by atoms with Gasteiger partial charge >= 0.3 is 0 Å². The highest BCUT2D eigenvalue weighted by atomic mass is 32.2. The average Bonchev–Trinajstić information content (AvgIpc) is 3.27. The highest BCUT2D eigenvalue weighted by Gasteiger charge is 2.19. The third-order valence-electron chi connectivity index (χ3n) is 5.41. The first-order valence-electron chi connectivity index (χ1n) is 10.9. The van der Waals surface area contributed by atoms with Crippen LogP contribution in [-0.4, -0.2) is 47.5 Å². The summed E-state index contributed by atoms with van der Waals surface area (Å²) in [6.45, 7) is 0.314. The number of carbonyl (C=O) groups excluding carboxylic acids is 1. The quantitative estimate of drug-likeness (QED) is 0.191. The SMILES string of the molecule is COc1ccc(CNC(=O)CSc2nc3cc([N+](=O)[O-])ccc3n2-c2ccccc2OC)cc1OC. The number of benzene rings is 3. The molecule has 1 N–H and O–H groups in total. The molecule has 0 spiro atoms. The Labute approximate surface area is 211 Å². The fourth-order valence-electron chi connectivity index (χ4n) is 3.68. The predicted molar refractivity (Wildman–Crippen MR) is 136 cm³/mol. The predicted octanol–water partition coefficient (Wildman–Crippen LogP) is 4.37. The van der Waals surface area contributed by atoms with Crippen LogP contribution in [0, 0.1) is 10.1 Å². The van der Waals surface area contributed by atoms with Crippen LogP contribution < -0.4 is 19.5 Å². The van der Waals surface area contributed by atoms with Gasteiger partial charge in [0.15, 0.2) is 16.7 Å². The zero-order valence-corrected chi connectivity index (χ0v) is 20.7. The lowest BCUT2D eigenvalue weighted by Crippen LogP contribution is -2.24. The lowest BCUT2D eigenvalue weighted by molar-refractivity contribution is -0.384. The average molecular weight is 509 g/mol. The van der Waals surface area contributed by atoms with E-state index in [1.807, 2.05) is 34.9 Å². The number of hydrogen-bond acceptors (Lipinski definition) is 8. The van der Waals surface area contributed by atoms with Crippen molar-refractivity contribution in [2.45, 2.75) is 11.7 Å². The molecule has 0 bridgehead atoms. The summed E-state index contributed by atoms with van der Waals surface area (Å²) in [6.07, 6.45) is 0. The van der Waals surface area contributed by atoms with Crippen molar-refractivity contribution in [2.24, 2.45) is 0 Å². The number of imidazole rings is 1. The smallest absolute Gasteiger partial charge is 0.271 e. The van der Waals surface area contributed by atoms with Crippen LogP contribution in [0.4, 0.5) is 5.69 Å². The molecule has 0 aliphatic carbocycles. The number of thioether (sulfide) groups is 1. The Balaban J connectivity index is 1.56. The molecular weight excluding hydrogens is 484 g/mol. The number of nitro groups is 1. The Morgan fingerprint density at radius 2 is 1.75 bits per heavy atom. The minimum Gasteiger partial charge on any atom is -0.495 e. The normalized spacial score (nSPS) is 10.8. The van der Waals surface area contributed by atoms with Gasteiger partial charge in [-0.2, -0.15) is 0 Å².